The summed E-state index contributed by atoms with van der Waals surface area (Å²) < 4.78 is 11.6. The van der Waals surface area contributed by atoms with Gasteiger partial charge in [0.15, 0.2) is 6.10 Å². The van der Waals surface area contributed by atoms with E-state index in [1.807, 2.05) is 51.1 Å². The predicted molar refractivity (Wildman–Crippen MR) is 105 cm³/mol. The Kier molecular flexibility index (Phi) is 7.07. The molecule has 1 amide bonds. The molecule has 1 atom stereocenters. The number of hydrogen-bond donors (Lipinski definition) is 1. The van der Waals surface area contributed by atoms with E-state index in [2.05, 4.69) is 25.2 Å². The van der Waals surface area contributed by atoms with E-state index in [1.165, 1.54) is 11.1 Å². The molecule has 0 unspecified atom stereocenters. The summed E-state index contributed by atoms with van der Waals surface area (Å²) in [4.78, 5) is 12.4. The topological polar surface area (TPSA) is 47.6 Å². The van der Waals surface area contributed by atoms with Crippen LogP contribution >= 0.6 is 0 Å². The van der Waals surface area contributed by atoms with Crippen molar-refractivity contribution in [2.24, 2.45) is 0 Å². The molecule has 0 bridgehead atoms. The van der Waals surface area contributed by atoms with Crippen LogP contribution in [0, 0.1) is 27.7 Å². The quantitative estimate of drug-likeness (QED) is 0.719. The maximum absolute atomic E-state index is 12.4. The standard InChI is InChI=1S/C22H29NO3/c1-6-20(26-19-11-10-15(2)17(4)14-19)22(24)23-12-13-25-21-9-7-8-16(3)18(21)5/h7-11,14,20H,6,12-13H2,1-5H3,(H,23,24)/t20-/m1/s1. The van der Waals surface area contributed by atoms with Crippen LogP contribution in [-0.4, -0.2) is 25.2 Å². The molecule has 0 saturated heterocycles. The molecule has 0 spiro atoms. The van der Waals surface area contributed by atoms with Crippen molar-refractivity contribution in [3.63, 3.8) is 0 Å². The molecule has 0 aliphatic rings. The summed E-state index contributed by atoms with van der Waals surface area (Å²) in [5, 5.41) is 2.90. The van der Waals surface area contributed by atoms with Gasteiger partial charge in [-0.25, -0.2) is 0 Å². The van der Waals surface area contributed by atoms with Crippen LogP contribution in [0.25, 0.3) is 0 Å². The van der Waals surface area contributed by atoms with E-state index in [-0.39, 0.29) is 5.91 Å². The number of aryl methyl sites for hydroxylation is 3. The highest BCUT2D eigenvalue weighted by Crippen LogP contribution is 2.20. The Hall–Kier alpha value is -2.49. The molecule has 0 aliphatic carbocycles. The van der Waals surface area contributed by atoms with Crippen LogP contribution in [0.3, 0.4) is 0 Å². The maximum Gasteiger partial charge on any atom is 0.261 e. The van der Waals surface area contributed by atoms with Gasteiger partial charge in [-0.1, -0.05) is 25.1 Å². The number of hydrogen-bond acceptors (Lipinski definition) is 3. The van der Waals surface area contributed by atoms with Crippen molar-refractivity contribution < 1.29 is 14.3 Å². The second-order valence-electron chi connectivity index (χ2n) is 6.60. The number of ether oxygens (including phenoxy) is 2. The Bertz CT molecular complexity index is 755. The number of carbonyl (C=O) groups is 1. The van der Waals surface area contributed by atoms with E-state index in [9.17, 15) is 4.79 Å². The van der Waals surface area contributed by atoms with Crippen LogP contribution < -0.4 is 14.8 Å². The molecule has 26 heavy (non-hydrogen) atoms. The fraction of sp³-hybridized carbons (Fsp3) is 0.409. The lowest BCUT2D eigenvalue weighted by molar-refractivity contribution is -0.128. The first kappa shape index (κ1) is 19.8. The highest BCUT2D eigenvalue weighted by molar-refractivity contribution is 5.81. The minimum atomic E-state index is -0.502. The lowest BCUT2D eigenvalue weighted by Crippen LogP contribution is -2.39. The summed E-state index contributed by atoms with van der Waals surface area (Å²) in [7, 11) is 0. The lowest BCUT2D eigenvalue weighted by atomic mass is 10.1. The fourth-order valence-electron chi connectivity index (χ4n) is 2.60. The summed E-state index contributed by atoms with van der Waals surface area (Å²) >= 11 is 0. The number of rotatable bonds is 8. The van der Waals surface area contributed by atoms with Crippen molar-refractivity contribution in [3.8, 4) is 11.5 Å². The van der Waals surface area contributed by atoms with Gasteiger partial charge in [0.2, 0.25) is 0 Å². The molecular formula is C22H29NO3. The monoisotopic (exact) mass is 355 g/mol. The number of amides is 1. The van der Waals surface area contributed by atoms with Crippen LogP contribution in [-0.2, 0) is 4.79 Å². The SMILES string of the molecule is CC[C@@H](Oc1ccc(C)c(C)c1)C(=O)NCCOc1cccc(C)c1C. The minimum absolute atomic E-state index is 0.115. The van der Waals surface area contributed by atoms with E-state index in [0.29, 0.717) is 19.6 Å². The Balaban J connectivity index is 1.83. The average molecular weight is 355 g/mol. The van der Waals surface area contributed by atoms with Crippen LogP contribution in [0.4, 0.5) is 0 Å². The molecule has 4 heteroatoms. The zero-order chi connectivity index (χ0) is 19.1. The molecule has 2 aromatic rings. The second-order valence-corrected chi connectivity index (χ2v) is 6.60. The Morgan fingerprint density at radius 1 is 1.04 bits per heavy atom. The Labute approximate surface area is 156 Å². The van der Waals surface area contributed by atoms with Crippen molar-refractivity contribution in [1.29, 1.82) is 0 Å². The molecule has 1 N–H and O–H groups in total. The second kappa shape index (κ2) is 9.27. The van der Waals surface area contributed by atoms with E-state index in [1.54, 1.807) is 0 Å². The molecule has 0 aromatic heterocycles. The first-order valence-corrected chi connectivity index (χ1v) is 9.13. The summed E-state index contributed by atoms with van der Waals surface area (Å²) in [6, 6.07) is 11.9. The highest BCUT2D eigenvalue weighted by Gasteiger charge is 2.18. The predicted octanol–water partition coefficient (Wildman–Crippen LogP) is 4.27. The number of nitrogens with one attached hydrogen (secondary N) is 1. The van der Waals surface area contributed by atoms with E-state index in [0.717, 1.165) is 22.6 Å². The van der Waals surface area contributed by atoms with Gasteiger partial charge >= 0.3 is 0 Å². The van der Waals surface area contributed by atoms with Gasteiger partial charge in [-0.15, -0.1) is 0 Å². The smallest absolute Gasteiger partial charge is 0.261 e. The minimum Gasteiger partial charge on any atom is -0.491 e. The van der Waals surface area contributed by atoms with Crippen LogP contribution in [0.1, 0.15) is 35.6 Å². The average Bonchev–Trinajstić information content (AvgIpc) is 2.62. The number of carbonyl (C=O) groups excluding carboxylic acids is 1. The molecule has 0 aliphatic heterocycles. The summed E-state index contributed by atoms with van der Waals surface area (Å²) in [5.74, 6) is 1.47. The zero-order valence-corrected chi connectivity index (χ0v) is 16.4. The molecule has 4 nitrogen and oxygen atoms in total. The molecule has 140 valence electrons. The largest absolute Gasteiger partial charge is 0.491 e. The molecule has 0 radical (unpaired) electrons. The summed E-state index contributed by atoms with van der Waals surface area (Å²) in [5.41, 5.74) is 4.68. The van der Waals surface area contributed by atoms with Crippen molar-refractivity contribution in [1.82, 2.24) is 5.32 Å². The van der Waals surface area contributed by atoms with Crippen molar-refractivity contribution in [3.05, 3.63) is 58.7 Å². The first-order chi connectivity index (χ1) is 12.4. The van der Waals surface area contributed by atoms with Gasteiger partial charge in [-0.2, -0.15) is 0 Å². The van der Waals surface area contributed by atoms with Crippen molar-refractivity contribution in [2.45, 2.75) is 47.1 Å². The molecule has 2 aromatic carbocycles. The van der Waals surface area contributed by atoms with E-state index in [4.69, 9.17) is 9.47 Å². The third kappa shape index (κ3) is 5.25. The number of benzene rings is 2. The zero-order valence-electron chi connectivity index (χ0n) is 16.4. The molecule has 0 saturated carbocycles. The summed E-state index contributed by atoms with van der Waals surface area (Å²) in [6.07, 6.45) is 0.106. The first-order valence-electron chi connectivity index (χ1n) is 9.13. The van der Waals surface area contributed by atoms with Crippen LogP contribution in [0.2, 0.25) is 0 Å². The van der Waals surface area contributed by atoms with Gasteiger partial charge < -0.3 is 14.8 Å². The van der Waals surface area contributed by atoms with Crippen LogP contribution in [0.15, 0.2) is 36.4 Å². The van der Waals surface area contributed by atoms with Gasteiger partial charge in [0.1, 0.15) is 18.1 Å². The highest BCUT2D eigenvalue weighted by atomic mass is 16.5. The van der Waals surface area contributed by atoms with Gasteiger partial charge in [0.25, 0.3) is 5.91 Å². The normalized spacial score (nSPS) is 11.7. The van der Waals surface area contributed by atoms with Crippen molar-refractivity contribution >= 4 is 5.91 Å². The van der Waals surface area contributed by atoms with Gasteiger partial charge in [0.05, 0.1) is 6.54 Å². The van der Waals surface area contributed by atoms with Gasteiger partial charge in [-0.3, -0.25) is 4.79 Å². The van der Waals surface area contributed by atoms with Crippen molar-refractivity contribution in [2.75, 3.05) is 13.2 Å². The van der Waals surface area contributed by atoms with Gasteiger partial charge in [0, 0.05) is 0 Å². The van der Waals surface area contributed by atoms with Gasteiger partial charge in [-0.05, 0) is 74.6 Å². The third-order valence-electron chi connectivity index (χ3n) is 4.63. The molecular weight excluding hydrogens is 326 g/mol. The van der Waals surface area contributed by atoms with E-state index < -0.39 is 6.10 Å². The molecule has 0 fully saturated rings. The Morgan fingerprint density at radius 2 is 1.81 bits per heavy atom. The third-order valence-corrected chi connectivity index (χ3v) is 4.63. The molecule has 0 heterocycles. The maximum atomic E-state index is 12.4. The molecule has 2 rings (SSSR count). The van der Waals surface area contributed by atoms with Crippen LogP contribution in [0.5, 0.6) is 11.5 Å². The fourth-order valence-corrected chi connectivity index (χ4v) is 2.60. The lowest BCUT2D eigenvalue weighted by Gasteiger charge is -2.18. The summed E-state index contributed by atoms with van der Waals surface area (Å²) in [6.45, 7) is 11.0. The van der Waals surface area contributed by atoms with E-state index >= 15 is 0 Å². The Morgan fingerprint density at radius 3 is 2.50 bits per heavy atom.